The quantitative estimate of drug-likeness (QED) is 0.140. The molecule has 0 bridgehead atoms. The first-order chi connectivity index (χ1) is 42.6. The number of rotatable bonds is 8. The van der Waals surface area contributed by atoms with Gasteiger partial charge in [0.2, 0.25) is 0 Å². The van der Waals surface area contributed by atoms with Crippen molar-refractivity contribution in [2.24, 2.45) is 0 Å². The summed E-state index contributed by atoms with van der Waals surface area (Å²) in [6.07, 6.45) is 5.57. The first-order valence-corrected chi connectivity index (χ1v) is 28.9. The molecule has 0 aliphatic heterocycles. The summed E-state index contributed by atoms with van der Waals surface area (Å²) in [5.41, 5.74) is 12.6. The van der Waals surface area contributed by atoms with Crippen LogP contribution in [0.2, 0.25) is 0 Å². The van der Waals surface area contributed by atoms with E-state index in [1.54, 1.807) is 6.20 Å². The van der Waals surface area contributed by atoms with Gasteiger partial charge in [0.25, 0.3) is 0 Å². The molecule has 17 aromatic rings. The Morgan fingerprint density at radius 2 is 0.733 bits per heavy atom. The summed E-state index contributed by atoms with van der Waals surface area (Å²) in [4.78, 5) is 36.9. The van der Waals surface area contributed by atoms with Gasteiger partial charge in [-0.25, -0.2) is 24.9 Å². The van der Waals surface area contributed by atoms with Gasteiger partial charge in [0.15, 0.2) is 23.3 Å². The van der Waals surface area contributed by atoms with E-state index >= 15 is 0 Å². The summed E-state index contributed by atoms with van der Waals surface area (Å²) in [6.45, 7) is 0. The Morgan fingerprint density at radius 1 is 0.221 bits per heavy atom. The van der Waals surface area contributed by atoms with Crippen LogP contribution in [0, 0.1) is 0 Å². The molecule has 0 amide bonds. The Labute approximate surface area is 494 Å². The minimum absolute atomic E-state index is 0.572. The Hall–Kier alpha value is -11.7. The SMILES string of the molecule is c1cncc(-c2ccc(-c3nc(-c4cccc5ccccc45)c4cc(-c5cccc6c(-c7nc(-c8ccc(-c9nccc%10ccccc9%10)cc8)nc(-c8cc9ccccc9c9ccccc89)n7)cc7ccccc7c56)c5ccccc5c4n3)cc2)c1. The van der Waals surface area contributed by atoms with E-state index in [4.69, 9.17) is 29.9 Å². The van der Waals surface area contributed by atoms with Crippen molar-refractivity contribution in [3.63, 3.8) is 0 Å². The van der Waals surface area contributed by atoms with Crippen LogP contribution in [0.5, 0.6) is 0 Å². The predicted octanol–water partition coefficient (Wildman–Crippen LogP) is 20.0. The van der Waals surface area contributed by atoms with Crippen molar-refractivity contribution in [3.05, 3.63) is 286 Å². The van der Waals surface area contributed by atoms with Crippen molar-refractivity contribution in [1.29, 1.82) is 0 Å². The third-order valence-electron chi connectivity index (χ3n) is 17.0. The van der Waals surface area contributed by atoms with E-state index in [1.165, 1.54) is 5.39 Å². The molecule has 0 unspecified atom stereocenters. The number of benzene rings is 13. The minimum atomic E-state index is 0.572. The number of pyridine rings is 2. The van der Waals surface area contributed by atoms with Crippen molar-refractivity contribution < 1.29 is 0 Å². The Kier molecular flexibility index (Phi) is 11.4. The number of hydrogen-bond donors (Lipinski definition) is 0. The number of hydrogen-bond acceptors (Lipinski definition) is 7. The molecule has 4 aromatic heterocycles. The molecule has 398 valence electrons. The molecule has 7 heteroatoms. The lowest BCUT2D eigenvalue weighted by atomic mass is 9.87. The van der Waals surface area contributed by atoms with Gasteiger partial charge in [-0.05, 0) is 117 Å². The summed E-state index contributed by atoms with van der Waals surface area (Å²) >= 11 is 0. The third kappa shape index (κ3) is 8.16. The Balaban J connectivity index is 0.904. The summed E-state index contributed by atoms with van der Waals surface area (Å²) < 4.78 is 0. The van der Waals surface area contributed by atoms with Gasteiger partial charge in [-0.1, -0.05) is 237 Å². The molecule has 0 N–H and O–H groups in total. The summed E-state index contributed by atoms with van der Waals surface area (Å²) in [6, 6.07) is 94.5. The van der Waals surface area contributed by atoms with Gasteiger partial charge in [-0.15, -0.1) is 0 Å². The van der Waals surface area contributed by atoms with Gasteiger partial charge in [-0.3, -0.25) is 9.97 Å². The number of fused-ring (bicyclic) bond motifs is 11. The summed E-state index contributed by atoms with van der Waals surface area (Å²) in [7, 11) is 0. The first kappa shape index (κ1) is 49.0. The van der Waals surface area contributed by atoms with Crippen molar-refractivity contribution >= 4 is 86.3 Å². The molecule has 0 aliphatic rings. The second-order valence-electron chi connectivity index (χ2n) is 21.9. The van der Waals surface area contributed by atoms with Crippen molar-refractivity contribution in [3.8, 4) is 90.3 Å². The molecule has 0 aliphatic carbocycles. The number of nitrogens with zero attached hydrogens (tertiary/aromatic N) is 7. The molecular formula is C79H47N7. The average Bonchev–Trinajstić information content (AvgIpc) is 0.897. The second kappa shape index (κ2) is 20.0. The van der Waals surface area contributed by atoms with Crippen LogP contribution in [0.25, 0.3) is 177 Å². The number of aromatic nitrogens is 7. The highest BCUT2D eigenvalue weighted by Gasteiger charge is 2.23. The van der Waals surface area contributed by atoms with Crippen LogP contribution in [0.15, 0.2) is 286 Å². The highest BCUT2D eigenvalue weighted by atomic mass is 15.0. The summed E-state index contributed by atoms with van der Waals surface area (Å²) in [5, 5.41) is 16.4. The Morgan fingerprint density at radius 3 is 1.45 bits per heavy atom. The van der Waals surface area contributed by atoms with Crippen molar-refractivity contribution in [1.82, 2.24) is 34.9 Å². The second-order valence-corrected chi connectivity index (χ2v) is 21.9. The predicted molar refractivity (Wildman–Crippen MR) is 355 cm³/mol. The normalized spacial score (nSPS) is 11.7. The summed E-state index contributed by atoms with van der Waals surface area (Å²) in [5.74, 6) is 2.39. The molecule has 0 spiro atoms. The zero-order valence-corrected chi connectivity index (χ0v) is 46.3. The molecular weight excluding hydrogens is 1050 g/mol. The van der Waals surface area contributed by atoms with E-state index in [1.807, 2.05) is 18.5 Å². The van der Waals surface area contributed by atoms with Crippen LogP contribution in [-0.4, -0.2) is 34.9 Å². The third-order valence-corrected chi connectivity index (χ3v) is 17.0. The van der Waals surface area contributed by atoms with E-state index in [0.29, 0.717) is 23.3 Å². The van der Waals surface area contributed by atoms with Gasteiger partial charge in [0.1, 0.15) is 0 Å². The highest BCUT2D eigenvalue weighted by molar-refractivity contribution is 6.24. The molecule has 0 saturated carbocycles. The van der Waals surface area contributed by atoms with E-state index < -0.39 is 0 Å². The molecule has 4 heterocycles. The Bertz CT molecular complexity index is 5580. The van der Waals surface area contributed by atoms with Gasteiger partial charge < -0.3 is 0 Å². The molecule has 13 aromatic carbocycles. The molecule has 17 rings (SSSR count). The van der Waals surface area contributed by atoms with Crippen LogP contribution in [0.3, 0.4) is 0 Å². The zero-order valence-electron chi connectivity index (χ0n) is 46.3. The fourth-order valence-electron chi connectivity index (χ4n) is 13.0. The zero-order chi connectivity index (χ0) is 56.7. The molecule has 0 atom stereocenters. The average molecular weight is 1090 g/mol. The monoisotopic (exact) mass is 1090 g/mol. The van der Waals surface area contributed by atoms with Crippen LogP contribution < -0.4 is 0 Å². The fourth-order valence-corrected chi connectivity index (χ4v) is 13.0. The highest BCUT2D eigenvalue weighted by Crippen LogP contribution is 2.46. The lowest BCUT2D eigenvalue weighted by Crippen LogP contribution is -2.02. The van der Waals surface area contributed by atoms with E-state index in [-0.39, 0.29) is 0 Å². The fraction of sp³-hybridized carbons (Fsp3) is 0. The molecule has 0 fully saturated rings. The van der Waals surface area contributed by atoms with Crippen LogP contribution in [0.4, 0.5) is 0 Å². The van der Waals surface area contributed by atoms with E-state index in [0.717, 1.165) is 148 Å². The van der Waals surface area contributed by atoms with E-state index in [2.05, 4.69) is 266 Å². The molecule has 0 radical (unpaired) electrons. The van der Waals surface area contributed by atoms with Crippen LogP contribution in [-0.2, 0) is 0 Å². The van der Waals surface area contributed by atoms with Crippen LogP contribution in [0.1, 0.15) is 0 Å². The topological polar surface area (TPSA) is 90.2 Å². The standard InChI is InChI=1S/C79H47N7/c1-5-22-57-49(16-1)20-13-32-66(57)74-71-46-68(63-28-11-12-29-67(63)75(71)83-76(82-74)52-37-33-48(34-38-52)56-21-15-42-80-47-56)64-30-14-31-65-70(45-55-19-4-7-24-59(55)72(64)65)79-85-77(53-39-35-51(36-40-53)73-60-25-8-2-17-50(60)41-43-81-73)84-78(86-79)69-44-54-18-3-6-23-58(54)61-26-9-10-27-62(61)69/h1-47H. The van der Waals surface area contributed by atoms with E-state index in [9.17, 15) is 0 Å². The largest absolute Gasteiger partial charge is 0.264 e. The molecule has 7 nitrogen and oxygen atoms in total. The minimum Gasteiger partial charge on any atom is -0.264 e. The van der Waals surface area contributed by atoms with Crippen molar-refractivity contribution in [2.45, 2.75) is 0 Å². The smallest absolute Gasteiger partial charge is 0.164 e. The van der Waals surface area contributed by atoms with Gasteiger partial charge in [0.05, 0.1) is 16.9 Å². The maximum Gasteiger partial charge on any atom is 0.164 e. The molecule has 86 heavy (non-hydrogen) atoms. The maximum absolute atomic E-state index is 5.59. The maximum atomic E-state index is 5.59. The van der Waals surface area contributed by atoms with Gasteiger partial charge >= 0.3 is 0 Å². The lowest BCUT2D eigenvalue weighted by Gasteiger charge is -2.19. The molecule has 0 saturated heterocycles. The van der Waals surface area contributed by atoms with Crippen molar-refractivity contribution in [2.75, 3.05) is 0 Å². The first-order valence-electron chi connectivity index (χ1n) is 28.9. The van der Waals surface area contributed by atoms with Crippen LogP contribution >= 0.6 is 0 Å². The van der Waals surface area contributed by atoms with Gasteiger partial charge in [-0.2, -0.15) is 0 Å². The van der Waals surface area contributed by atoms with Gasteiger partial charge in [0, 0.05) is 68.1 Å². The lowest BCUT2D eigenvalue weighted by molar-refractivity contribution is 1.08.